The van der Waals surface area contributed by atoms with Gasteiger partial charge >= 0.3 is 6.03 Å². The minimum atomic E-state index is -0.143. The van der Waals surface area contributed by atoms with Crippen molar-refractivity contribution in [3.8, 4) is 11.3 Å². The molecule has 35 heavy (non-hydrogen) atoms. The number of nitrogens with zero attached hydrogens (tertiary/aromatic N) is 3. The Morgan fingerprint density at radius 2 is 1.29 bits per heavy atom. The van der Waals surface area contributed by atoms with Gasteiger partial charge in [-0.05, 0) is 43.2 Å². The van der Waals surface area contributed by atoms with E-state index in [1.54, 1.807) is 21.7 Å². The monoisotopic (exact) mass is 466 g/mol. The minimum absolute atomic E-state index is 0.0844. The molecule has 1 heterocycles. The number of hydrogen-bond donors (Lipinski definition) is 1. The lowest BCUT2D eigenvalue weighted by Gasteiger charge is -2.23. The summed E-state index contributed by atoms with van der Waals surface area (Å²) in [6, 6.07) is 32.3. The predicted molar refractivity (Wildman–Crippen MR) is 141 cm³/mol. The van der Waals surface area contributed by atoms with Crippen molar-refractivity contribution in [3.05, 3.63) is 113 Å². The van der Waals surface area contributed by atoms with E-state index in [1.165, 1.54) is 0 Å². The molecule has 0 aliphatic heterocycles. The molecule has 0 aliphatic carbocycles. The highest BCUT2D eigenvalue weighted by Gasteiger charge is 2.16. The molecule has 1 N–H and O–H groups in total. The highest BCUT2D eigenvalue weighted by molar-refractivity contribution is 5.99. The predicted octanol–water partition coefficient (Wildman–Crippen LogP) is 6.02. The molecule has 0 radical (unpaired) electrons. The summed E-state index contributed by atoms with van der Waals surface area (Å²) in [5, 5.41) is 7.56. The molecule has 3 aromatic carbocycles. The Morgan fingerprint density at radius 1 is 0.714 bits per heavy atom. The van der Waals surface area contributed by atoms with Crippen LogP contribution in [0.2, 0.25) is 0 Å². The minimum Gasteiger partial charge on any atom is -0.337 e. The molecule has 0 aliphatic rings. The maximum atomic E-state index is 13.0. The fourth-order valence-corrected chi connectivity index (χ4v) is 3.92. The number of anilines is 2. The van der Waals surface area contributed by atoms with E-state index in [-0.39, 0.29) is 11.6 Å². The molecule has 2 amide bonds. The summed E-state index contributed by atoms with van der Waals surface area (Å²) in [4.78, 5) is 26.9. The number of carbonyl (C=O) groups is 1. The van der Waals surface area contributed by atoms with Crippen molar-refractivity contribution in [2.45, 2.75) is 32.2 Å². The molecule has 4 aromatic rings. The molecule has 0 fully saturated rings. The fraction of sp³-hybridized carbons (Fsp3) is 0.207. The number of hydrogen-bond acceptors (Lipinski definition) is 3. The van der Waals surface area contributed by atoms with Crippen molar-refractivity contribution in [2.24, 2.45) is 0 Å². The number of benzene rings is 3. The van der Waals surface area contributed by atoms with Gasteiger partial charge in [0.1, 0.15) is 0 Å². The van der Waals surface area contributed by atoms with Crippen molar-refractivity contribution in [2.75, 3.05) is 11.4 Å². The Morgan fingerprint density at radius 3 is 1.91 bits per heavy atom. The van der Waals surface area contributed by atoms with Crippen LogP contribution < -0.4 is 15.8 Å². The number of nitrogens with one attached hydrogen (secondary N) is 1. The molecule has 0 atom stereocenters. The smallest absolute Gasteiger partial charge is 0.326 e. The largest absolute Gasteiger partial charge is 0.337 e. The van der Waals surface area contributed by atoms with Crippen molar-refractivity contribution < 1.29 is 4.79 Å². The zero-order valence-corrected chi connectivity index (χ0v) is 19.7. The van der Waals surface area contributed by atoms with Crippen molar-refractivity contribution in [1.29, 1.82) is 0 Å². The number of aromatic nitrogens is 2. The van der Waals surface area contributed by atoms with Gasteiger partial charge in [-0.15, -0.1) is 0 Å². The molecule has 178 valence electrons. The summed E-state index contributed by atoms with van der Waals surface area (Å²) >= 11 is 0. The first-order valence-corrected chi connectivity index (χ1v) is 12.0. The van der Waals surface area contributed by atoms with Gasteiger partial charge in [0.25, 0.3) is 5.56 Å². The second-order valence-electron chi connectivity index (χ2n) is 8.30. The Kier molecular flexibility index (Phi) is 8.43. The van der Waals surface area contributed by atoms with Gasteiger partial charge in [-0.25, -0.2) is 9.48 Å². The molecule has 0 spiro atoms. The van der Waals surface area contributed by atoms with E-state index in [2.05, 4.69) is 10.4 Å². The van der Waals surface area contributed by atoms with E-state index < -0.39 is 0 Å². The first kappa shape index (κ1) is 24.0. The molecule has 0 unspecified atom stereocenters. The Labute approximate surface area is 205 Å². The quantitative estimate of drug-likeness (QED) is 0.291. The number of urea groups is 1. The first-order chi connectivity index (χ1) is 17.2. The maximum absolute atomic E-state index is 13.0. The highest BCUT2D eigenvalue weighted by Crippen LogP contribution is 2.24. The van der Waals surface area contributed by atoms with E-state index in [0.29, 0.717) is 13.1 Å². The Balaban J connectivity index is 1.23. The van der Waals surface area contributed by atoms with Crippen LogP contribution in [0.5, 0.6) is 0 Å². The summed E-state index contributed by atoms with van der Waals surface area (Å²) in [5.41, 5.74) is 3.36. The molecule has 6 nitrogen and oxygen atoms in total. The number of carbonyl (C=O) groups excluding carboxylic acids is 1. The van der Waals surface area contributed by atoms with Gasteiger partial charge in [0.2, 0.25) is 0 Å². The third-order valence-electron chi connectivity index (χ3n) is 5.74. The Bertz CT molecular complexity index is 1220. The van der Waals surface area contributed by atoms with Crippen LogP contribution in [0.15, 0.2) is 108 Å². The van der Waals surface area contributed by atoms with Crippen LogP contribution in [0.1, 0.15) is 25.7 Å². The third-order valence-corrected chi connectivity index (χ3v) is 5.74. The van der Waals surface area contributed by atoms with Crippen LogP contribution in [-0.2, 0) is 6.54 Å². The summed E-state index contributed by atoms with van der Waals surface area (Å²) in [7, 11) is 0. The summed E-state index contributed by atoms with van der Waals surface area (Å²) < 4.78 is 1.54. The average molecular weight is 467 g/mol. The highest BCUT2D eigenvalue weighted by atomic mass is 16.2. The van der Waals surface area contributed by atoms with E-state index >= 15 is 0 Å². The number of amides is 2. The summed E-state index contributed by atoms with van der Waals surface area (Å²) in [6.07, 6.45) is 3.65. The third kappa shape index (κ3) is 6.67. The number of para-hydroxylation sites is 2. The summed E-state index contributed by atoms with van der Waals surface area (Å²) in [6.45, 7) is 1.18. The Hall–Kier alpha value is -4.19. The maximum Gasteiger partial charge on any atom is 0.326 e. The van der Waals surface area contributed by atoms with Crippen molar-refractivity contribution in [3.63, 3.8) is 0 Å². The van der Waals surface area contributed by atoms with Gasteiger partial charge in [-0.3, -0.25) is 9.69 Å². The van der Waals surface area contributed by atoms with Crippen LogP contribution in [-0.4, -0.2) is 22.4 Å². The lowest BCUT2D eigenvalue weighted by molar-refractivity contribution is 0.248. The number of aryl methyl sites for hydroxylation is 1. The normalized spacial score (nSPS) is 10.6. The number of rotatable bonds is 10. The average Bonchev–Trinajstić information content (AvgIpc) is 2.91. The van der Waals surface area contributed by atoms with Crippen LogP contribution in [0.4, 0.5) is 16.2 Å². The van der Waals surface area contributed by atoms with Crippen molar-refractivity contribution in [1.82, 2.24) is 15.1 Å². The molecule has 0 saturated carbocycles. The van der Waals surface area contributed by atoms with E-state index in [1.807, 2.05) is 91.0 Å². The van der Waals surface area contributed by atoms with Crippen LogP contribution >= 0.6 is 0 Å². The van der Waals surface area contributed by atoms with E-state index in [4.69, 9.17) is 0 Å². The van der Waals surface area contributed by atoms with Crippen LogP contribution in [0.25, 0.3) is 11.3 Å². The van der Waals surface area contributed by atoms with Gasteiger partial charge in [0, 0.05) is 24.7 Å². The molecule has 0 bridgehead atoms. The van der Waals surface area contributed by atoms with Crippen LogP contribution in [0, 0.1) is 0 Å². The van der Waals surface area contributed by atoms with Gasteiger partial charge in [0.05, 0.1) is 17.1 Å². The SMILES string of the molecule is O=C(NCCCCCCn1nc(-c2ccccc2)ccc1=O)N(c1ccccc1)c1ccccc1. The van der Waals surface area contributed by atoms with Gasteiger partial charge in [-0.2, -0.15) is 5.10 Å². The van der Waals surface area contributed by atoms with E-state index in [9.17, 15) is 9.59 Å². The number of unbranched alkanes of at least 4 members (excludes halogenated alkanes) is 3. The molecule has 0 saturated heterocycles. The lowest BCUT2D eigenvalue weighted by Crippen LogP contribution is -2.37. The fourth-order valence-electron chi connectivity index (χ4n) is 3.92. The topological polar surface area (TPSA) is 67.2 Å². The van der Waals surface area contributed by atoms with Crippen LogP contribution in [0.3, 0.4) is 0 Å². The van der Waals surface area contributed by atoms with Crippen molar-refractivity contribution >= 4 is 17.4 Å². The molecular formula is C29H30N4O2. The van der Waals surface area contributed by atoms with Gasteiger partial charge < -0.3 is 5.32 Å². The first-order valence-electron chi connectivity index (χ1n) is 12.0. The molecule has 1 aromatic heterocycles. The molecule has 4 rings (SSSR count). The second-order valence-corrected chi connectivity index (χ2v) is 8.30. The van der Waals surface area contributed by atoms with Gasteiger partial charge in [-0.1, -0.05) is 79.6 Å². The van der Waals surface area contributed by atoms with Gasteiger partial charge in [0.15, 0.2) is 0 Å². The molecular weight excluding hydrogens is 436 g/mol. The zero-order chi connectivity index (χ0) is 24.3. The molecule has 6 heteroatoms. The second kappa shape index (κ2) is 12.3. The summed E-state index contributed by atoms with van der Waals surface area (Å²) in [5.74, 6) is 0. The van der Waals surface area contributed by atoms with E-state index in [0.717, 1.165) is 48.3 Å². The standard InChI is InChI=1S/C29H30N4O2/c34-28-21-20-27(24-14-6-3-7-15-24)31-32(28)23-13-2-1-12-22-30-29(35)33(25-16-8-4-9-17-25)26-18-10-5-11-19-26/h3-11,14-21H,1-2,12-13,22-23H2,(H,30,35). The zero-order valence-electron chi connectivity index (χ0n) is 19.7. The lowest BCUT2D eigenvalue weighted by atomic mass is 10.1.